The smallest absolute Gasteiger partial charge is 0.266 e. The monoisotopic (exact) mass is 421 g/mol. The van der Waals surface area contributed by atoms with Crippen LogP contribution in [0.4, 0.5) is 11.4 Å². The van der Waals surface area contributed by atoms with E-state index in [1.54, 1.807) is 17.5 Å². The molecule has 0 spiro atoms. The first-order valence-electron chi connectivity index (χ1n) is 10.5. The number of fused-ring (bicyclic) bond motifs is 2. The van der Waals surface area contributed by atoms with Crippen molar-refractivity contribution < 1.29 is 14.4 Å². The number of rotatable bonds is 3. The molecule has 6 nitrogen and oxygen atoms in total. The van der Waals surface area contributed by atoms with Crippen LogP contribution in [0.25, 0.3) is 10.8 Å². The number of hydroxylamine groups is 1. The number of hydrogen-bond acceptors (Lipinski definition) is 5. The number of imide groups is 1. The summed E-state index contributed by atoms with van der Waals surface area (Å²) in [5.74, 6) is -1.26. The minimum atomic E-state index is -0.889. The van der Waals surface area contributed by atoms with Crippen molar-refractivity contribution in [2.75, 3.05) is 9.96 Å². The van der Waals surface area contributed by atoms with E-state index in [-0.39, 0.29) is 11.8 Å². The number of amides is 2. The Morgan fingerprint density at radius 2 is 1.47 bits per heavy atom. The molecule has 2 aliphatic heterocycles. The Morgan fingerprint density at radius 1 is 0.750 bits per heavy atom. The van der Waals surface area contributed by atoms with Crippen LogP contribution >= 0.6 is 0 Å². The van der Waals surface area contributed by atoms with Crippen LogP contribution in [0.1, 0.15) is 11.6 Å². The van der Waals surface area contributed by atoms with Gasteiger partial charge in [-0.25, -0.2) is 9.96 Å². The van der Waals surface area contributed by atoms with E-state index < -0.39 is 18.1 Å². The molecule has 3 heterocycles. The van der Waals surface area contributed by atoms with Crippen LogP contribution < -0.4 is 9.96 Å². The molecule has 2 saturated heterocycles. The summed E-state index contributed by atoms with van der Waals surface area (Å²) in [6.07, 6.45) is 2.49. The van der Waals surface area contributed by atoms with Gasteiger partial charge >= 0.3 is 0 Å². The SMILES string of the molecule is O=C1[C@H]2[C@@H](ON(c3ccccc3)[C@H]2c2ccncc2)C(=O)N1c1cccc2ccccc12. The van der Waals surface area contributed by atoms with Gasteiger partial charge in [0, 0.05) is 17.8 Å². The predicted octanol–water partition coefficient (Wildman–Crippen LogP) is 4.29. The highest BCUT2D eigenvalue weighted by Crippen LogP contribution is 2.48. The zero-order valence-corrected chi connectivity index (χ0v) is 17.0. The molecule has 6 heteroatoms. The lowest BCUT2D eigenvalue weighted by Crippen LogP contribution is -2.37. The van der Waals surface area contributed by atoms with E-state index >= 15 is 0 Å². The van der Waals surface area contributed by atoms with E-state index in [1.165, 1.54) is 4.90 Å². The minimum Gasteiger partial charge on any atom is -0.273 e. The molecule has 2 amide bonds. The maximum absolute atomic E-state index is 13.8. The van der Waals surface area contributed by atoms with Crippen LogP contribution in [0.3, 0.4) is 0 Å². The number of anilines is 2. The molecule has 0 saturated carbocycles. The second kappa shape index (κ2) is 7.28. The highest BCUT2D eigenvalue weighted by molar-refractivity contribution is 6.26. The van der Waals surface area contributed by atoms with Crippen molar-refractivity contribution in [2.24, 2.45) is 5.92 Å². The van der Waals surface area contributed by atoms with E-state index in [4.69, 9.17) is 4.84 Å². The molecule has 0 unspecified atom stereocenters. The van der Waals surface area contributed by atoms with Gasteiger partial charge in [-0.1, -0.05) is 54.6 Å². The molecular weight excluding hydrogens is 402 g/mol. The molecule has 156 valence electrons. The van der Waals surface area contributed by atoms with Crippen LogP contribution in [0.5, 0.6) is 0 Å². The van der Waals surface area contributed by atoms with Crippen LogP contribution in [0.15, 0.2) is 97.3 Å². The van der Waals surface area contributed by atoms with Gasteiger partial charge in [0.2, 0.25) is 5.91 Å². The van der Waals surface area contributed by atoms with Crippen LogP contribution in [0, 0.1) is 5.92 Å². The lowest BCUT2D eigenvalue weighted by Gasteiger charge is -2.28. The zero-order chi connectivity index (χ0) is 21.7. The van der Waals surface area contributed by atoms with Crippen molar-refractivity contribution in [1.82, 2.24) is 4.98 Å². The third kappa shape index (κ3) is 2.73. The van der Waals surface area contributed by atoms with Crippen molar-refractivity contribution in [2.45, 2.75) is 12.1 Å². The molecule has 3 aromatic carbocycles. The fourth-order valence-electron chi connectivity index (χ4n) is 4.75. The number of nitrogens with zero attached hydrogens (tertiary/aromatic N) is 3. The Kier molecular flexibility index (Phi) is 4.26. The summed E-state index contributed by atoms with van der Waals surface area (Å²) in [6, 6.07) is 26.2. The Balaban J connectivity index is 1.47. The van der Waals surface area contributed by atoms with Gasteiger partial charge in [0.05, 0.1) is 17.4 Å². The summed E-state index contributed by atoms with van der Waals surface area (Å²) < 4.78 is 0. The number of pyridine rings is 1. The highest BCUT2D eigenvalue weighted by atomic mass is 16.7. The maximum atomic E-state index is 13.8. The van der Waals surface area contributed by atoms with Gasteiger partial charge in [0.1, 0.15) is 5.92 Å². The van der Waals surface area contributed by atoms with Gasteiger partial charge in [-0.2, -0.15) is 0 Å². The number of carbonyl (C=O) groups excluding carboxylic acids is 2. The maximum Gasteiger partial charge on any atom is 0.266 e. The van der Waals surface area contributed by atoms with Crippen molar-refractivity contribution in [3.05, 3.63) is 103 Å². The van der Waals surface area contributed by atoms with Gasteiger partial charge in [0.25, 0.3) is 5.91 Å². The fourth-order valence-corrected chi connectivity index (χ4v) is 4.75. The first-order chi connectivity index (χ1) is 15.7. The van der Waals surface area contributed by atoms with Gasteiger partial charge in [-0.05, 0) is 41.3 Å². The van der Waals surface area contributed by atoms with Crippen molar-refractivity contribution >= 4 is 34.0 Å². The first-order valence-corrected chi connectivity index (χ1v) is 10.5. The summed E-state index contributed by atoms with van der Waals surface area (Å²) in [5.41, 5.74) is 2.26. The van der Waals surface area contributed by atoms with Gasteiger partial charge in [-0.3, -0.25) is 19.4 Å². The summed E-state index contributed by atoms with van der Waals surface area (Å²) >= 11 is 0. The topological polar surface area (TPSA) is 62.7 Å². The molecule has 2 fully saturated rings. The highest BCUT2D eigenvalue weighted by Gasteiger charge is 2.60. The number of hydrogen-bond donors (Lipinski definition) is 0. The van der Waals surface area contributed by atoms with Crippen LogP contribution in [0.2, 0.25) is 0 Å². The Bertz CT molecular complexity index is 1320. The quantitative estimate of drug-likeness (QED) is 0.462. The summed E-state index contributed by atoms with van der Waals surface area (Å²) in [6.45, 7) is 0. The van der Waals surface area contributed by atoms with Crippen molar-refractivity contribution in [3.8, 4) is 0 Å². The molecule has 0 N–H and O–H groups in total. The number of aromatic nitrogens is 1. The largest absolute Gasteiger partial charge is 0.273 e. The predicted molar refractivity (Wildman–Crippen MR) is 121 cm³/mol. The molecule has 6 rings (SSSR count). The Labute approximate surface area is 184 Å². The van der Waals surface area contributed by atoms with Crippen molar-refractivity contribution in [1.29, 1.82) is 0 Å². The lowest BCUT2D eigenvalue weighted by atomic mass is 9.91. The summed E-state index contributed by atoms with van der Waals surface area (Å²) in [7, 11) is 0. The normalized spacial score (nSPS) is 22.6. The molecule has 0 radical (unpaired) electrons. The van der Waals surface area contributed by atoms with E-state index in [0.29, 0.717) is 5.69 Å². The molecule has 2 aliphatic rings. The second-order valence-electron chi connectivity index (χ2n) is 7.95. The van der Waals surface area contributed by atoms with E-state index in [2.05, 4.69) is 4.98 Å². The average Bonchev–Trinajstić information content (AvgIpc) is 3.36. The molecule has 0 bridgehead atoms. The van der Waals surface area contributed by atoms with Gasteiger partial charge < -0.3 is 0 Å². The number of benzene rings is 3. The molecule has 32 heavy (non-hydrogen) atoms. The third-order valence-corrected chi connectivity index (χ3v) is 6.18. The minimum absolute atomic E-state index is 0.253. The summed E-state index contributed by atoms with van der Waals surface area (Å²) in [4.78, 5) is 38.9. The number of carbonyl (C=O) groups is 2. The molecule has 4 aromatic rings. The van der Waals surface area contributed by atoms with E-state index in [1.807, 2.05) is 84.9 Å². The van der Waals surface area contributed by atoms with E-state index in [0.717, 1.165) is 22.0 Å². The zero-order valence-electron chi connectivity index (χ0n) is 17.0. The van der Waals surface area contributed by atoms with Gasteiger partial charge in [-0.15, -0.1) is 0 Å². The average molecular weight is 421 g/mol. The Hall–Kier alpha value is -4.03. The molecule has 1 aromatic heterocycles. The number of para-hydroxylation sites is 1. The van der Waals surface area contributed by atoms with Crippen molar-refractivity contribution in [3.63, 3.8) is 0 Å². The fraction of sp³-hybridized carbons (Fsp3) is 0.115. The lowest BCUT2D eigenvalue weighted by molar-refractivity contribution is -0.126. The third-order valence-electron chi connectivity index (χ3n) is 6.18. The summed E-state index contributed by atoms with van der Waals surface area (Å²) in [5, 5.41) is 3.53. The standard InChI is InChI=1S/C26H19N3O3/c30-25-22-23(18-13-15-27-16-14-18)29(19-9-2-1-3-10-19)32-24(22)26(31)28(25)21-12-6-8-17-7-4-5-11-20(17)21/h1-16,22-24H/t22-,23+,24-/m1/s1. The van der Waals surface area contributed by atoms with Crippen LogP contribution in [-0.4, -0.2) is 22.9 Å². The Morgan fingerprint density at radius 3 is 2.28 bits per heavy atom. The van der Waals surface area contributed by atoms with Crippen LogP contribution in [-0.2, 0) is 14.4 Å². The second-order valence-corrected chi connectivity index (χ2v) is 7.95. The van der Waals surface area contributed by atoms with Gasteiger partial charge in [0.15, 0.2) is 6.10 Å². The molecule has 3 atom stereocenters. The first kappa shape index (κ1) is 18.7. The molecular formula is C26H19N3O3. The van der Waals surface area contributed by atoms with E-state index in [9.17, 15) is 9.59 Å². The molecule has 0 aliphatic carbocycles.